The Balaban J connectivity index is 1.33. The van der Waals surface area contributed by atoms with Crippen LogP contribution in [0.1, 0.15) is 38.8 Å². The number of carboxylic acids is 1. The predicted octanol–water partition coefficient (Wildman–Crippen LogP) is 4.52. The summed E-state index contributed by atoms with van der Waals surface area (Å²) >= 11 is 0. The van der Waals surface area contributed by atoms with E-state index in [2.05, 4.69) is 25.2 Å². The number of aromatic nitrogens is 4. The van der Waals surface area contributed by atoms with Crippen LogP contribution in [-0.2, 0) is 16.0 Å². The van der Waals surface area contributed by atoms with Crippen LogP contribution in [0.25, 0.3) is 21.9 Å². The number of para-hydroxylation sites is 1. The van der Waals surface area contributed by atoms with Crippen LogP contribution in [0, 0.1) is 0 Å². The predicted molar refractivity (Wildman–Crippen MR) is 152 cm³/mol. The van der Waals surface area contributed by atoms with E-state index in [1.807, 2.05) is 56.4 Å². The number of methoxy groups -OCH3 is 1. The van der Waals surface area contributed by atoms with Crippen molar-refractivity contribution in [3.05, 3.63) is 54.6 Å². The number of benzene rings is 1. The third-order valence-corrected chi connectivity index (χ3v) is 6.56. The molecule has 0 aliphatic carbocycles. The van der Waals surface area contributed by atoms with Crippen molar-refractivity contribution in [3.8, 4) is 5.75 Å². The highest BCUT2D eigenvalue weighted by Gasteiger charge is 2.20. The van der Waals surface area contributed by atoms with Gasteiger partial charge in [-0.3, -0.25) is 0 Å². The Labute approximate surface area is 228 Å². The van der Waals surface area contributed by atoms with E-state index < -0.39 is 12.0 Å². The lowest BCUT2D eigenvalue weighted by atomic mass is 10.1. The number of nitrogens with zero attached hydrogens (tertiary/aromatic N) is 4. The molecular formula is C29H38N6O4. The van der Waals surface area contributed by atoms with Crippen LogP contribution in [-0.4, -0.2) is 81.4 Å². The van der Waals surface area contributed by atoms with Crippen LogP contribution in [0.5, 0.6) is 5.75 Å². The van der Waals surface area contributed by atoms with Gasteiger partial charge in [0.1, 0.15) is 29.6 Å². The van der Waals surface area contributed by atoms with Gasteiger partial charge in [0.15, 0.2) is 0 Å². The lowest BCUT2D eigenvalue weighted by Crippen LogP contribution is -2.37. The summed E-state index contributed by atoms with van der Waals surface area (Å²) in [6.45, 7) is 6.82. The van der Waals surface area contributed by atoms with Crippen LogP contribution < -0.4 is 10.1 Å². The minimum absolute atomic E-state index is 0.0878. The van der Waals surface area contributed by atoms with Gasteiger partial charge >= 0.3 is 5.97 Å². The normalized spacial score (nSPS) is 12.4. The maximum absolute atomic E-state index is 12.1. The fourth-order valence-electron chi connectivity index (χ4n) is 4.59. The first-order valence-corrected chi connectivity index (χ1v) is 13.5. The summed E-state index contributed by atoms with van der Waals surface area (Å²) in [6, 6.07) is 10.8. The molecule has 0 saturated carbocycles. The molecule has 208 valence electrons. The molecule has 0 bridgehead atoms. The van der Waals surface area contributed by atoms with Crippen molar-refractivity contribution in [2.24, 2.45) is 0 Å². The molecular weight excluding hydrogens is 496 g/mol. The maximum atomic E-state index is 12.1. The molecule has 3 aromatic heterocycles. The summed E-state index contributed by atoms with van der Waals surface area (Å²) in [5.74, 6) is 0.482. The highest BCUT2D eigenvalue weighted by Crippen LogP contribution is 2.26. The van der Waals surface area contributed by atoms with Gasteiger partial charge in [-0.25, -0.2) is 19.7 Å². The molecule has 1 aromatic carbocycles. The Morgan fingerprint density at radius 2 is 1.95 bits per heavy atom. The standard InChI is InChI=1S/C29H38N6O4/c1-20(2)39-26-18-21(33-28-23(26)11-13-30-28)8-6-7-14-35(16-17-38-3)15-12-25(29(36)37)34-27-22-9-4-5-10-24(22)31-19-32-27/h4-5,9-11,13,18-20,25H,6-8,12,14-17H2,1-3H3,(H,30,33)(H,36,37)(H,31,32,34)/t25-/m0/s1. The van der Waals surface area contributed by atoms with E-state index in [1.54, 1.807) is 7.11 Å². The second-order valence-corrected chi connectivity index (χ2v) is 9.87. The van der Waals surface area contributed by atoms with E-state index in [-0.39, 0.29) is 6.10 Å². The molecule has 10 heteroatoms. The zero-order chi connectivity index (χ0) is 27.6. The Hall–Kier alpha value is -3.76. The van der Waals surface area contributed by atoms with Crippen LogP contribution in [0.4, 0.5) is 5.82 Å². The van der Waals surface area contributed by atoms with Crippen LogP contribution >= 0.6 is 0 Å². The molecule has 0 saturated heterocycles. The van der Waals surface area contributed by atoms with Crippen LogP contribution in [0.15, 0.2) is 48.9 Å². The first-order chi connectivity index (χ1) is 18.9. The smallest absolute Gasteiger partial charge is 0.326 e. The maximum Gasteiger partial charge on any atom is 0.326 e. The van der Waals surface area contributed by atoms with E-state index in [1.165, 1.54) is 6.33 Å². The average Bonchev–Trinajstić information content (AvgIpc) is 3.40. The molecule has 0 aliphatic heterocycles. The first kappa shape index (κ1) is 28.3. The fraction of sp³-hybridized carbons (Fsp3) is 0.448. The van der Waals surface area contributed by atoms with Crippen molar-refractivity contribution < 1.29 is 19.4 Å². The van der Waals surface area contributed by atoms with E-state index in [0.29, 0.717) is 25.4 Å². The number of aromatic amines is 1. The van der Waals surface area contributed by atoms with Crippen LogP contribution in [0.3, 0.4) is 0 Å². The summed E-state index contributed by atoms with van der Waals surface area (Å²) < 4.78 is 11.3. The number of aliphatic carboxylic acids is 1. The number of carboxylic acid groups (broad SMARTS) is 1. The summed E-state index contributed by atoms with van der Waals surface area (Å²) in [7, 11) is 1.68. The Bertz CT molecular complexity index is 1350. The number of unbranched alkanes of at least 4 members (excludes halogenated alkanes) is 1. The van der Waals surface area contributed by atoms with Crippen LogP contribution in [0.2, 0.25) is 0 Å². The highest BCUT2D eigenvalue weighted by molar-refractivity contribution is 5.90. The topological polar surface area (TPSA) is 125 Å². The number of ether oxygens (including phenoxy) is 2. The zero-order valence-corrected chi connectivity index (χ0v) is 22.9. The lowest BCUT2D eigenvalue weighted by Gasteiger charge is -2.24. The third kappa shape index (κ3) is 7.87. The number of H-pyrrole nitrogens is 1. The number of hydrogen-bond donors (Lipinski definition) is 3. The number of rotatable bonds is 16. The first-order valence-electron chi connectivity index (χ1n) is 13.5. The minimum Gasteiger partial charge on any atom is -0.490 e. The molecule has 10 nitrogen and oxygen atoms in total. The number of fused-ring (bicyclic) bond motifs is 2. The fourth-order valence-corrected chi connectivity index (χ4v) is 4.59. The molecule has 3 heterocycles. The molecule has 0 aliphatic rings. The average molecular weight is 535 g/mol. The summed E-state index contributed by atoms with van der Waals surface area (Å²) in [4.78, 5) is 30.8. The monoisotopic (exact) mass is 534 g/mol. The van der Waals surface area contributed by atoms with Gasteiger partial charge in [-0.05, 0) is 64.3 Å². The van der Waals surface area contributed by atoms with Crippen molar-refractivity contribution >= 4 is 33.7 Å². The largest absolute Gasteiger partial charge is 0.490 e. The molecule has 0 unspecified atom stereocenters. The van der Waals surface area contributed by atoms with E-state index >= 15 is 0 Å². The molecule has 4 aromatic rings. The third-order valence-electron chi connectivity index (χ3n) is 6.56. The number of carbonyl (C=O) groups is 1. The molecule has 0 fully saturated rings. The number of anilines is 1. The molecule has 1 atom stereocenters. The van der Waals surface area contributed by atoms with Gasteiger partial charge < -0.3 is 29.8 Å². The molecule has 39 heavy (non-hydrogen) atoms. The van der Waals surface area contributed by atoms with Gasteiger partial charge in [-0.2, -0.15) is 0 Å². The molecule has 0 amide bonds. The van der Waals surface area contributed by atoms with Crippen molar-refractivity contribution in [2.75, 3.05) is 38.7 Å². The molecule has 3 N–H and O–H groups in total. The number of pyridine rings is 1. The van der Waals surface area contributed by atoms with E-state index in [0.717, 1.165) is 65.7 Å². The van der Waals surface area contributed by atoms with Crippen molar-refractivity contribution in [3.63, 3.8) is 0 Å². The quantitative estimate of drug-likeness (QED) is 0.178. The SMILES string of the molecule is COCCN(CCCCc1cc(OC(C)C)c2cc[nH]c2n1)CC[C@H](Nc1ncnc2ccccc12)C(=O)O. The minimum atomic E-state index is -0.908. The molecule has 0 spiro atoms. The number of nitrogens with one attached hydrogen (secondary N) is 2. The van der Waals surface area contributed by atoms with E-state index in [4.69, 9.17) is 14.5 Å². The van der Waals surface area contributed by atoms with Gasteiger partial charge in [0.25, 0.3) is 0 Å². The molecule has 4 rings (SSSR count). The Morgan fingerprint density at radius 3 is 2.74 bits per heavy atom. The van der Waals surface area contributed by atoms with Crippen molar-refractivity contribution in [1.29, 1.82) is 0 Å². The summed E-state index contributed by atoms with van der Waals surface area (Å²) in [6.07, 6.45) is 6.60. The van der Waals surface area contributed by atoms with Gasteiger partial charge in [0.2, 0.25) is 0 Å². The van der Waals surface area contributed by atoms with E-state index in [9.17, 15) is 9.90 Å². The van der Waals surface area contributed by atoms with Gasteiger partial charge in [-0.15, -0.1) is 0 Å². The van der Waals surface area contributed by atoms with Crippen molar-refractivity contribution in [1.82, 2.24) is 24.8 Å². The van der Waals surface area contributed by atoms with Gasteiger partial charge in [0.05, 0.1) is 23.6 Å². The lowest BCUT2D eigenvalue weighted by molar-refractivity contribution is -0.138. The highest BCUT2D eigenvalue weighted by atomic mass is 16.5. The summed E-state index contributed by atoms with van der Waals surface area (Å²) in [5.41, 5.74) is 2.61. The number of aryl methyl sites for hydroxylation is 1. The Morgan fingerprint density at radius 1 is 1.10 bits per heavy atom. The second kappa shape index (κ2) is 13.9. The number of hydrogen-bond acceptors (Lipinski definition) is 8. The zero-order valence-electron chi connectivity index (χ0n) is 22.9. The molecule has 0 radical (unpaired) electrons. The Kier molecular flexibility index (Phi) is 10.0. The second-order valence-electron chi connectivity index (χ2n) is 9.87. The van der Waals surface area contributed by atoms with Crippen molar-refractivity contribution in [2.45, 2.75) is 51.7 Å². The van der Waals surface area contributed by atoms with Gasteiger partial charge in [-0.1, -0.05) is 12.1 Å². The van der Waals surface area contributed by atoms with Gasteiger partial charge in [0, 0.05) is 43.5 Å². The summed E-state index contributed by atoms with van der Waals surface area (Å²) in [5, 5.41) is 14.8.